The molecule has 2 aromatic rings. The van der Waals surface area contributed by atoms with Crippen molar-refractivity contribution in [2.75, 3.05) is 6.54 Å². The molecule has 1 atom stereocenters. The van der Waals surface area contributed by atoms with Gasteiger partial charge in [-0.1, -0.05) is 35.5 Å². The van der Waals surface area contributed by atoms with Crippen LogP contribution in [0.3, 0.4) is 0 Å². The van der Waals surface area contributed by atoms with Gasteiger partial charge in [0, 0.05) is 5.75 Å². The van der Waals surface area contributed by atoms with Crippen LogP contribution in [0, 0.1) is 13.8 Å². The Balaban J connectivity index is 0.00000161. The van der Waals surface area contributed by atoms with E-state index in [0.29, 0.717) is 5.22 Å². The number of hydrogen-bond donors (Lipinski definition) is 1. The fourth-order valence-corrected chi connectivity index (χ4v) is 3.24. The number of thioether (sulfide) groups is 1. The van der Waals surface area contributed by atoms with E-state index in [4.69, 9.17) is 4.42 Å². The maximum Gasteiger partial charge on any atom is 0.276 e. The van der Waals surface area contributed by atoms with Crippen LogP contribution in [-0.4, -0.2) is 16.7 Å². The van der Waals surface area contributed by atoms with Crippen molar-refractivity contribution in [3.8, 4) is 0 Å². The summed E-state index contributed by atoms with van der Waals surface area (Å²) in [5.41, 5.74) is 3.92. The third-order valence-corrected chi connectivity index (χ3v) is 4.50. The zero-order valence-electron chi connectivity index (χ0n) is 12.2. The Hall–Kier alpha value is -1.04. The van der Waals surface area contributed by atoms with Gasteiger partial charge in [-0.05, 0) is 44.4 Å². The molecule has 21 heavy (non-hydrogen) atoms. The van der Waals surface area contributed by atoms with E-state index in [2.05, 4.69) is 47.6 Å². The summed E-state index contributed by atoms with van der Waals surface area (Å²) in [6.45, 7) is 5.29. The van der Waals surface area contributed by atoms with Crippen LogP contribution < -0.4 is 17.7 Å². The number of nitrogens with one attached hydrogen (secondary N) is 1. The van der Waals surface area contributed by atoms with Gasteiger partial charge in [0.15, 0.2) is 0 Å². The highest BCUT2D eigenvalue weighted by Crippen LogP contribution is 2.27. The Bertz CT molecular complexity index is 596. The Morgan fingerprint density at radius 1 is 1.33 bits per heavy atom. The molecule has 0 radical (unpaired) electrons. The molecule has 0 bridgehead atoms. The molecule has 4 nitrogen and oxygen atoms in total. The lowest BCUT2D eigenvalue weighted by atomic mass is 10.1. The summed E-state index contributed by atoms with van der Waals surface area (Å²) in [5.74, 6) is 1.60. The van der Waals surface area contributed by atoms with E-state index < -0.39 is 0 Å². The molecule has 2 heterocycles. The molecular formula is C15H19ClN3OS-. The van der Waals surface area contributed by atoms with Gasteiger partial charge in [0.1, 0.15) is 0 Å². The molecule has 0 amide bonds. The van der Waals surface area contributed by atoms with Crippen LogP contribution in [0.2, 0.25) is 0 Å². The van der Waals surface area contributed by atoms with Crippen molar-refractivity contribution >= 4 is 11.8 Å². The van der Waals surface area contributed by atoms with Crippen LogP contribution in [0.15, 0.2) is 27.8 Å². The van der Waals surface area contributed by atoms with E-state index in [9.17, 15) is 0 Å². The highest BCUT2D eigenvalue weighted by atomic mass is 35.5. The lowest BCUT2D eigenvalue weighted by Gasteiger charge is -2.05. The van der Waals surface area contributed by atoms with Crippen molar-refractivity contribution in [3.05, 3.63) is 40.8 Å². The topological polar surface area (TPSA) is 51.0 Å². The van der Waals surface area contributed by atoms with Gasteiger partial charge in [-0.15, -0.1) is 10.2 Å². The summed E-state index contributed by atoms with van der Waals surface area (Å²) in [4.78, 5) is 0. The first-order valence-corrected chi connectivity index (χ1v) is 7.96. The van der Waals surface area contributed by atoms with E-state index in [0.717, 1.165) is 24.6 Å². The summed E-state index contributed by atoms with van der Waals surface area (Å²) in [7, 11) is 0. The number of nitrogens with zero attached hydrogens (tertiary/aromatic N) is 2. The summed E-state index contributed by atoms with van der Waals surface area (Å²) in [5, 5.41) is 12.3. The molecular weight excluding hydrogens is 306 g/mol. The molecule has 1 aliphatic rings. The molecule has 1 saturated heterocycles. The van der Waals surface area contributed by atoms with Crippen molar-refractivity contribution in [3.63, 3.8) is 0 Å². The normalized spacial score (nSPS) is 17.7. The largest absolute Gasteiger partial charge is 1.00 e. The number of hydrogen-bond acceptors (Lipinski definition) is 5. The first kappa shape index (κ1) is 16.3. The van der Waals surface area contributed by atoms with Crippen LogP contribution in [-0.2, 0) is 5.75 Å². The van der Waals surface area contributed by atoms with Crippen LogP contribution >= 0.6 is 11.8 Å². The van der Waals surface area contributed by atoms with Crippen molar-refractivity contribution in [2.24, 2.45) is 0 Å². The highest BCUT2D eigenvalue weighted by molar-refractivity contribution is 7.98. The molecule has 0 spiro atoms. The predicted octanol–water partition coefficient (Wildman–Crippen LogP) is 0.407. The zero-order valence-corrected chi connectivity index (χ0v) is 13.8. The Labute approximate surface area is 135 Å². The van der Waals surface area contributed by atoms with Crippen molar-refractivity contribution in [1.82, 2.24) is 15.5 Å². The van der Waals surface area contributed by atoms with Crippen molar-refractivity contribution < 1.29 is 16.8 Å². The van der Waals surface area contributed by atoms with Gasteiger partial charge in [0.2, 0.25) is 5.89 Å². The van der Waals surface area contributed by atoms with Crippen molar-refractivity contribution in [2.45, 2.75) is 43.7 Å². The van der Waals surface area contributed by atoms with E-state index in [1.165, 1.54) is 23.1 Å². The molecule has 0 aliphatic carbocycles. The molecule has 114 valence electrons. The van der Waals surface area contributed by atoms with Crippen LogP contribution in [0.4, 0.5) is 0 Å². The molecule has 0 unspecified atom stereocenters. The van der Waals surface area contributed by atoms with Gasteiger partial charge in [0.05, 0.1) is 6.04 Å². The summed E-state index contributed by atoms with van der Waals surface area (Å²) in [6.07, 6.45) is 2.27. The molecule has 1 fully saturated rings. The van der Waals surface area contributed by atoms with Crippen LogP contribution in [0.1, 0.15) is 41.5 Å². The first-order valence-electron chi connectivity index (χ1n) is 6.98. The standard InChI is InChI=1S/C15H19N3OS.ClH/c1-10-5-6-11(2)12(8-10)9-20-15-18-17-14(19-15)13-4-3-7-16-13;/h5-6,8,13,16H,3-4,7,9H2,1-2H3;1H/p-1/t13-;/m0./s1. The summed E-state index contributed by atoms with van der Waals surface area (Å²) >= 11 is 1.61. The van der Waals surface area contributed by atoms with Crippen LogP contribution in [0.25, 0.3) is 0 Å². The number of benzene rings is 1. The predicted molar refractivity (Wildman–Crippen MR) is 79.8 cm³/mol. The number of rotatable bonds is 4. The Kier molecular flexibility index (Phi) is 5.67. The van der Waals surface area contributed by atoms with E-state index >= 15 is 0 Å². The third-order valence-electron chi connectivity index (χ3n) is 3.64. The maximum absolute atomic E-state index is 5.74. The smallest absolute Gasteiger partial charge is 0.276 e. The third kappa shape index (κ3) is 3.99. The van der Waals surface area contributed by atoms with Crippen LogP contribution in [0.5, 0.6) is 0 Å². The molecule has 1 N–H and O–H groups in total. The fourth-order valence-electron chi connectivity index (χ4n) is 2.41. The van der Waals surface area contributed by atoms with E-state index in [1.54, 1.807) is 11.8 Å². The van der Waals surface area contributed by atoms with E-state index in [1.807, 2.05) is 0 Å². The zero-order chi connectivity index (χ0) is 13.9. The summed E-state index contributed by atoms with van der Waals surface area (Å²) < 4.78 is 5.74. The minimum absolute atomic E-state index is 0. The molecule has 1 aliphatic heterocycles. The van der Waals surface area contributed by atoms with Gasteiger partial charge in [-0.2, -0.15) is 0 Å². The molecule has 6 heteroatoms. The molecule has 1 aromatic carbocycles. The highest BCUT2D eigenvalue weighted by Gasteiger charge is 2.22. The number of aryl methyl sites for hydroxylation is 2. The van der Waals surface area contributed by atoms with Gasteiger partial charge in [0.25, 0.3) is 5.22 Å². The molecule has 3 rings (SSSR count). The van der Waals surface area contributed by atoms with Gasteiger partial charge < -0.3 is 22.1 Å². The summed E-state index contributed by atoms with van der Waals surface area (Å²) in [6, 6.07) is 6.77. The maximum atomic E-state index is 5.74. The first-order chi connectivity index (χ1) is 9.72. The lowest BCUT2D eigenvalue weighted by molar-refractivity contribution is -0.00000487. The molecule has 1 aromatic heterocycles. The second-order valence-electron chi connectivity index (χ2n) is 5.27. The average molecular weight is 325 g/mol. The van der Waals surface area contributed by atoms with Crippen molar-refractivity contribution in [1.29, 1.82) is 0 Å². The minimum atomic E-state index is 0. The fraction of sp³-hybridized carbons (Fsp3) is 0.467. The van der Waals surface area contributed by atoms with Gasteiger partial charge >= 0.3 is 0 Å². The monoisotopic (exact) mass is 324 g/mol. The van der Waals surface area contributed by atoms with Gasteiger partial charge in [-0.3, -0.25) is 0 Å². The quantitative estimate of drug-likeness (QED) is 0.826. The minimum Gasteiger partial charge on any atom is -1.00 e. The molecule has 0 saturated carbocycles. The lowest BCUT2D eigenvalue weighted by Crippen LogP contribution is -3.00. The number of halogens is 1. The number of aromatic nitrogens is 2. The Morgan fingerprint density at radius 3 is 2.95 bits per heavy atom. The Morgan fingerprint density at radius 2 is 2.19 bits per heavy atom. The van der Waals surface area contributed by atoms with Gasteiger partial charge in [-0.25, -0.2) is 0 Å². The second kappa shape index (κ2) is 7.29. The SMILES string of the molecule is Cc1ccc(C)c(CSc2nnc([C@@H]3CCCN3)o2)c1.[Cl-]. The average Bonchev–Trinajstić information content (AvgIpc) is 3.09. The second-order valence-corrected chi connectivity index (χ2v) is 6.20. The van der Waals surface area contributed by atoms with E-state index in [-0.39, 0.29) is 18.4 Å².